The second kappa shape index (κ2) is 6.46. The smallest absolute Gasteiger partial charge is 0.0617 e. The minimum atomic E-state index is 0.548. The van der Waals surface area contributed by atoms with Gasteiger partial charge in [0.1, 0.15) is 0 Å². The Balaban J connectivity index is 2.25. The molecule has 1 rings (SSSR count). The van der Waals surface area contributed by atoms with Crippen molar-refractivity contribution in [3.05, 3.63) is 0 Å². The zero-order valence-electron chi connectivity index (χ0n) is 10.4. The van der Waals surface area contributed by atoms with E-state index in [1.54, 1.807) is 7.11 Å². The second-order valence-corrected chi connectivity index (χ2v) is 4.95. The van der Waals surface area contributed by atoms with E-state index in [4.69, 9.17) is 10.5 Å². The first-order chi connectivity index (χ1) is 7.19. The molecule has 0 amide bonds. The average Bonchev–Trinajstić information content (AvgIpc) is 2.88. The third kappa shape index (κ3) is 4.49. The fraction of sp³-hybridized carbons (Fsp3) is 1.00. The van der Waals surface area contributed by atoms with E-state index in [9.17, 15) is 0 Å². The van der Waals surface area contributed by atoms with Crippen LogP contribution >= 0.6 is 0 Å². The number of hydrogen-bond acceptors (Lipinski definition) is 3. The van der Waals surface area contributed by atoms with Crippen LogP contribution in [0.25, 0.3) is 0 Å². The van der Waals surface area contributed by atoms with Crippen molar-refractivity contribution in [3.63, 3.8) is 0 Å². The molecular weight excluding hydrogens is 188 g/mol. The maximum absolute atomic E-state index is 5.55. The fourth-order valence-corrected chi connectivity index (χ4v) is 2.15. The molecule has 2 N–H and O–H groups in total. The molecule has 0 aromatic heterocycles. The molecule has 3 unspecified atom stereocenters. The zero-order valence-corrected chi connectivity index (χ0v) is 10.4. The summed E-state index contributed by atoms with van der Waals surface area (Å²) in [5, 5.41) is 0. The first-order valence-electron chi connectivity index (χ1n) is 6.08. The molecule has 1 aliphatic rings. The molecule has 1 aliphatic carbocycles. The normalized spacial score (nSPS) is 27.0. The lowest BCUT2D eigenvalue weighted by atomic mass is 10.1. The van der Waals surface area contributed by atoms with E-state index in [2.05, 4.69) is 18.9 Å². The SMILES string of the molecule is COCC(CCCN)N(C)CC1CC1C. The summed E-state index contributed by atoms with van der Waals surface area (Å²) < 4.78 is 5.27. The van der Waals surface area contributed by atoms with Gasteiger partial charge in [0.05, 0.1) is 6.61 Å². The lowest BCUT2D eigenvalue weighted by Gasteiger charge is -2.27. The van der Waals surface area contributed by atoms with Crippen LogP contribution < -0.4 is 5.73 Å². The van der Waals surface area contributed by atoms with Crippen LogP contribution in [0.5, 0.6) is 0 Å². The van der Waals surface area contributed by atoms with Gasteiger partial charge in [-0.3, -0.25) is 0 Å². The second-order valence-electron chi connectivity index (χ2n) is 4.95. The van der Waals surface area contributed by atoms with Gasteiger partial charge in [-0.1, -0.05) is 6.92 Å². The molecule has 0 heterocycles. The minimum absolute atomic E-state index is 0.548. The summed E-state index contributed by atoms with van der Waals surface area (Å²) in [4.78, 5) is 2.45. The Morgan fingerprint density at radius 2 is 2.20 bits per heavy atom. The monoisotopic (exact) mass is 214 g/mol. The number of nitrogens with two attached hydrogens (primary N) is 1. The van der Waals surface area contributed by atoms with Gasteiger partial charge in [0.2, 0.25) is 0 Å². The van der Waals surface area contributed by atoms with Crippen LogP contribution in [0.15, 0.2) is 0 Å². The summed E-state index contributed by atoms with van der Waals surface area (Å²) in [5.41, 5.74) is 5.55. The van der Waals surface area contributed by atoms with Crippen molar-refractivity contribution in [2.75, 3.05) is 33.9 Å². The van der Waals surface area contributed by atoms with Crippen molar-refractivity contribution >= 4 is 0 Å². The number of hydrogen-bond donors (Lipinski definition) is 1. The standard InChI is InChI=1S/C12H26N2O/c1-10-7-11(10)8-14(2)12(9-15-3)5-4-6-13/h10-12H,4-9,13H2,1-3H3. The van der Waals surface area contributed by atoms with E-state index in [0.29, 0.717) is 6.04 Å². The number of likely N-dealkylation sites (N-methyl/N-ethyl adjacent to an activating group) is 1. The Labute approximate surface area is 94.0 Å². The lowest BCUT2D eigenvalue weighted by molar-refractivity contribution is 0.0967. The van der Waals surface area contributed by atoms with Gasteiger partial charge in [-0.25, -0.2) is 0 Å². The zero-order chi connectivity index (χ0) is 11.3. The van der Waals surface area contributed by atoms with Crippen molar-refractivity contribution in [3.8, 4) is 0 Å². The number of nitrogens with zero attached hydrogens (tertiary/aromatic N) is 1. The highest BCUT2D eigenvalue weighted by molar-refractivity contribution is 4.86. The van der Waals surface area contributed by atoms with E-state index < -0.39 is 0 Å². The van der Waals surface area contributed by atoms with Gasteiger partial charge < -0.3 is 15.4 Å². The van der Waals surface area contributed by atoms with E-state index in [0.717, 1.165) is 37.8 Å². The highest BCUT2D eigenvalue weighted by Gasteiger charge is 2.34. The summed E-state index contributed by atoms with van der Waals surface area (Å²) in [5.74, 6) is 1.86. The Kier molecular flexibility index (Phi) is 5.58. The molecular formula is C12H26N2O. The molecule has 0 spiro atoms. The van der Waals surface area contributed by atoms with Gasteiger partial charge in [-0.2, -0.15) is 0 Å². The number of methoxy groups -OCH3 is 1. The third-order valence-electron chi connectivity index (χ3n) is 3.52. The van der Waals surface area contributed by atoms with Gasteiger partial charge in [0.15, 0.2) is 0 Å². The molecule has 0 aliphatic heterocycles. The van der Waals surface area contributed by atoms with E-state index in [-0.39, 0.29) is 0 Å². The van der Waals surface area contributed by atoms with Crippen LogP contribution in [0, 0.1) is 11.8 Å². The highest BCUT2D eigenvalue weighted by atomic mass is 16.5. The molecule has 3 nitrogen and oxygen atoms in total. The molecule has 3 heteroatoms. The predicted molar refractivity (Wildman–Crippen MR) is 63.9 cm³/mol. The number of ether oxygens (including phenoxy) is 1. The van der Waals surface area contributed by atoms with Crippen molar-refractivity contribution in [2.24, 2.45) is 17.6 Å². The van der Waals surface area contributed by atoms with Gasteiger partial charge >= 0.3 is 0 Å². The Morgan fingerprint density at radius 3 is 2.67 bits per heavy atom. The van der Waals surface area contributed by atoms with Crippen LogP contribution in [0.3, 0.4) is 0 Å². The summed E-state index contributed by atoms with van der Waals surface area (Å²) in [6, 6.07) is 0.548. The molecule has 1 fully saturated rings. The van der Waals surface area contributed by atoms with Crippen LogP contribution in [-0.2, 0) is 4.74 Å². The minimum Gasteiger partial charge on any atom is -0.383 e. The third-order valence-corrected chi connectivity index (χ3v) is 3.52. The van der Waals surface area contributed by atoms with Gasteiger partial charge in [-0.05, 0) is 44.7 Å². The van der Waals surface area contributed by atoms with Gasteiger partial charge in [0.25, 0.3) is 0 Å². The van der Waals surface area contributed by atoms with Crippen LogP contribution in [0.1, 0.15) is 26.2 Å². The lowest BCUT2D eigenvalue weighted by Crippen LogP contribution is -2.37. The van der Waals surface area contributed by atoms with Crippen LogP contribution in [0.2, 0.25) is 0 Å². The molecule has 15 heavy (non-hydrogen) atoms. The maximum atomic E-state index is 5.55. The Hall–Kier alpha value is -0.120. The predicted octanol–water partition coefficient (Wildman–Crippen LogP) is 1.33. The first kappa shape index (κ1) is 12.9. The molecule has 0 aromatic carbocycles. The molecule has 0 radical (unpaired) electrons. The summed E-state index contributed by atoms with van der Waals surface area (Å²) >= 11 is 0. The fourth-order valence-electron chi connectivity index (χ4n) is 2.15. The largest absolute Gasteiger partial charge is 0.383 e. The molecule has 3 atom stereocenters. The van der Waals surface area contributed by atoms with Gasteiger partial charge in [0, 0.05) is 19.7 Å². The van der Waals surface area contributed by atoms with E-state index in [1.807, 2.05) is 0 Å². The van der Waals surface area contributed by atoms with E-state index in [1.165, 1.54) is 13.0 Å². The molecule has 0 bridgehead atoms. The Morgan fingerprint density at radius 1 is 1.53 bits per heavy atom. The first-order valence-corrected chi connectivity index (χ1v) is 6.08. The maximum Gasteiger partial charge on any atom is 0.0617 e. The Bertz CT molecular complexity index is 175. The quantitative estimate of drug-likeness (QED) is 0.662. The molecule has 1 saturated carbocycles. The van der Waals surface area contributed by atoms with E-state index >= 15 is 0 Å². The highest BCUT2D eigenvalue weighted by Crippen LogP contribution is 2.38. The number of rotatable bonds is 8. The molecule has 0 saturated heterocycles. The van der Waals surface area contributed by atoms with Crippen LogP contribution in [0.4, 0.5) is 0 Å². The van der Waals surface area contributed by atoms with Crippen LogP contribution in [-0.4, -0.2) is 44.8 Å². The summed E-state index contributed by atoms with van der Waals surface area (Å²) in [7, 11) is 3.99. The molecule has 90 valence electrons. The summed E-state index contributed by atoms with van der Waals surface area (Å²) in [6.45, 7) is 5.18. The van der Waals surface area contributed by atoms with Crippen molar-refractivity contribution in [2.45, 2.75) is 32.2 Å². The average molecular weight is 214 g/mol. The van der Waals surface area contributed by atoms with Gasteiger partial charge in [-0.15, -0.1) is 0 Å². The molecule has 0 aromatic rings. The van der Waals surface area contributed by atoms with Crippen molar-refractivity contribution < 1.29 is 4.74 Å². The van der Waals surface area contributed by atoms with Crippen molar-refractivity contribution in [1.29, 1.82) is 0 Å². The topological polar surface area (TPSA) is 38.5 Å². The summed E-state index contributed by atoms with van der Waals surface area (Å²) in [6.07, 6.45) is 3.65. The van der Waals surface area contributed by atoms with Crippen molar-refractivity contribution in [1.82, 2.24) is 4.90 Å².